The Labute approximate surface area is 285 Å². The van der Waals surface area contributed by atoms with E-state index in [0.717, 1.165) is 44.9 Å². The minimum Gasteiger partial charge on any atom is -0.361 e. The Morgan fingerprint density at radius 1 is 0.306 bits per heavy atom. The Morgan fingerprint density at radius 3 is 1.35 bits per heavy atom. The second-order valence-electron chi connectivity index (χ2n) is 12.4. The fourth-order valence-corrected chi connectivity index (χ4v) is 6.59. The number of benzene rings is 7. The van der Waals surface area contributed by atoms with E-state index in [1.54, 1.807) is 0 Å². The Morgan fingerprint density at radius 2 is 0.755 bits per heavy atom. The van der Waals surface area contributed by atoms with Crippen LogP contribution in [0, 0.1) is 0 Å². The molecule has 3 nitrogen and oxygen atoms in total. The molecular weight excluding hydrogens is 595 g/mol. The van der Waals surface area contributed by atoms with Crippen LogP contribution in [0.4, 0.5) is 0 Å². The molecule has 0 aliphatic rings. The normalized spacial score (nSPS) is 11.3. The van der Waals surface area contributed by atoms with Crippen molar-refractivity contribution in [3.63, 3.8) is 0 Å². The zero-order chi connectivity index (χ0) is 32.6. The van der Waals surface area contributed by atoms with E-state index in [1.807, 2.05) is 12.3 Å². The van der Waals surface area contributed by atoms with E-state index in [9.17, 15) is 0 Å². The number of aromatic nitrogens is 3. The summed E-state index contributed by atoms with van der Waals surface area (Å²) < 4.78 is 0. The topological polar surface area (TPSA) is 41.6 Å². The molecule has 7 aromatic carbocycles. The Balaban J connectivity index is 1.09. The minimum atomic E-state index is 0.703. The number of rotatable bonds is 6. The molecule has 0 aliphatic carbocycles. The third kappa shape index (κ3) is 5.68. The van der Waals surface area contributed by atoms with Gasteiger partial charge in [0.25, 0.3) is 0 Å². The van der Waals surface area contributed by atoms with Crippen molar-refractivity contribution in [3.8, 4) is 67.4 Å². The van der Waals surface area contributed by atoms with E-state index >= 15 is 0 Å². The highest BCUT2D eigenvalue weighted by Crippen LogP contribution is 2.32. The number of aromatic amines is 1. The summed E-state index contributed by atoms with van der Waals surface area (Å²) in [4.78, 5) is 13.5. The van der Waals surface area contributed by atoms with Gasteiger partial charge >= 0.3 is 0 Å². The van der Waals surface area contributed by atoms with Gasteiger partial charge in [0.05, 0.1) is 11.4 Å². The quantitative estimate of drug-likeness (QED) is 0.200. The molecule has 9 rings (SSSR count). The molecule has 0 atom stereocenters. The molecular formula is C46H31N3. The number of nitrogens with zero attached hydrogens (tertiary/aromatic N) is 2. The third-order valence-electron chi connectivity index (χ3n) is 9.31. The summed E-state index contributed by atoms with van der Waals surface area (Å²) in [7, 11) is 0. The van der Waals surface area contributed by atoms with Gasteiger partial charge in [0.1, 0.15) is 0 Å². The van der Waals surface area contributed by atoms with E-state index in [0.29, 0.717) is 5.82 Å². The van der Waals surface area contributed by atoms with E-state index in [-0.39, 0.29) is 0 Å². The highest BCUT2D eigenvalue weighted by atomic mass is 14.9. The summed E-state index contributed by atoms with van der Waals surface area (Å²) in [5.74, 6) is 0.703. The highest BCUT2D eigenvalue weighted by molar-refractivity contribution is 5.89. The fourth-order valence-electron chi connectivity index (χ4n) is 6.59. The van der Waals surface area contributed by atoms with Crippen molar-refractivity contribution in [2.75, 3.05) is 0 Å². The van der Waals surface area contributed by atoms with Gasteiger partial charge in [0, 0.05) is 28.6 Å². The number of nitrogens with one attached hydrogen (secondary N) is 1. The van der Waals surface area contributed by atoms with Crippen molar-refractivity contribution < 1.29 is 0 Å². The molecule has 0 saturated heterocycles. The van der Waals surface area contributed by atoms with E-state index in [4.69, 9.17) is 9.97 Å². The summed E-state index contributed by atoms with van der Waals surface area (Å²) in [6, 6.07) is 62.2. The van der Waals surface area contributed by atoms with Crippen LogP contribution in [0.5, 0.6) is 0 Å². The van der Waals surface area contributed by atoms with Gasteiger partial charge in [-0.3, -0.25) is 0 Å². The van der Waals surface area contributed by atoms with Crippen LogP contribution < -0.4 is 0 Å². The molecule has 3 heteroatoms. The summed E-state index contributed by atoms with van der Waals surface area (Å²) >= 11 is 0. The van der Waals surface area contributed by atoms with Crippen molar-refractivity contribution in [2.45, 2.75) is 0 Å². The van der Waals surface area contributed by atoms with E-state index in [1.165, 1.54) is 38.2 Å². The fraction of sp³-hybridized carbons (Fsp3) is 0. The average Bonchev–Trinajstić information content (AvgIpc) is 3.73. The van der Waals surface area contributed by atoms with Gasteiger partial charge < -0.3 is 4.98 Å². The third-order valence-corrected chi connectivity index (χ3v) is 9.31. The molecule has 0 bridgehead atoms. The first-order valence-electron chi connectivity index (χ1n) is 16.6. The molecule has 9 aromatic rings. The first-order valence-corrected chi connectivity index (χ1v) is 16.6. The van der Waals surface area contributed by atoms with Crippen LogP contribution in [-0.4, -0.2) is 15.0 Å². The lowest BCUT2D eigenvalue weighted by atomic mass is 9.99. The van der Waals surface area contributed by atoms with Crippen molar-refractivity contribution in [1.82, 2.24) is 15.0 Å². The van der Waals surface area contributed by atoms with E-state index in [2.05, 4.69) is 175 Å². The molecule has 0 radical (unpaired) electrons. The lowest BCUT2D eigenvalue weighted by Crippen LogP contribution is -1.96. The van der Waals surface area contributed by atoms with Crippen molar-refractivity contribution in [1.29, 1.82) is 0 Å². The predicted octanol–water partition coefficient (Wildman–Crippen LogP) is 12.1. The maximum absolute atomic E-state index is 5.13. The first-order chi connectivity index (χ1) is 24.2. The Bertz CT molecular complexity index is 2560. The van der Waals surface area contributed by atoms with Crippen molar-refractivity contribution >= 4 is 21.5 Å². The van der Waals surface area contributed by atoms with Crippen LogP contribution >= 0.6 is 0 Å². The second-order valence-corrected chi connectivity index (χ2v) is 12.4. The van der Waals surface area contributed by atoms with Crippen LogP contribution in [0.2, 0.25) is 0 Å². The molecule has 0 unspecified atom stereocenters. The predicted molar refractivity (Wildman–Crippen MR) is 204 cm³/mol. The van der Waals surface area contributed by atoms with Gasteiger partial charge in [0.15, 0.2) is 5.82 Å². The van der Waals surface area contributed by atoms with Crippen LogP contribution in [0.1, 0.15) is 0 Å². The monoisotopic (exact) mass is 625 g/mol. The number of hydrogen-bond donors (Lipinski definition) is 1. The number of hydrogen-bond acceptors (Lipinski definition) is 2. The Kier molecular flexibility index (Phi) is 7.14. The summed E-state index contributed by atoms with van der Waals surface area (Å²) in [6.45, 7) is 0. The van der Waals surface area contributed by atoms with Gasteiger partial charge in [-0.25, -0.2) is 9.97 Å². The van der Waals surface area contributed by atoms with Gasteiger partial charge in [-0.1, -0.05) is 146 Å². The lowest BCUT2D eigenvalue weighted by molar-refractivity contribution is 1.18. The van der Waals surface area contributed by atoms with Crippen LogP contribution in [0.25, 0.3) is 89.0 Å². The van der Waals surface area contributed by atoms with Gasteiger partial charge in [-0.05, 0) is 79.7 Å². The molecule has 2 aromatic heterocycles. The zero-order valence-corrected chi connectivity index (χ0v) is 26.7. The molecule has 0 amide bonds. The molecule has 1 N–H and O–H groups in total. The van der Waals surface area contributed by atoms with Crippen LogP contribution in [0.15, 0.2) is 182 Å². The molecule has 0 fully saturated rings. The Hall–Kier alpha value is -6.58. The average molecular weight is 626 g/mol. The van der Waals surface area contributed by atoms with Gasteiger partial charge in [0.2, 0.25) is 0 Å². The van der Waals surface area contributed by atoms with Crippen molar-refractivity contribution in [2.24, 2.45) is 0 Å². The summed E-state index contributed by atoms with van der Waals surface area (Å²) in [5, 5.41) is 4.88. The first kappa shape index (κ1) is 28.6. The molecule has 49 heavy (non-hydrogen) atoms. The summed E-state index contributed by atoms with van der Waals surface area (Å²) in [6.07, 6.45) is 1.95. The van der Waals surface area contributed by atoms with Gasteiger partial charge in [-0.15, -0.1) is 0 Å². The van der Waals surface area contributed by atoms with Gasteiger partial charge in [-0.2, -0.15) is 0 Å². The molecule has 0 spiro atoms. The standard InChI is InChI=1S/C46H31N3/c1-3-8-39-28-41(25-17-31(39)6-1)35-15-23-38(24-16-35)46-48-44(30-45(49-46)42-26-18-32-7-2-4-9-40(32)29-42)37-21-13-34(14-22-37)33-11-19-36(20-12-33)43-10-5-27-47-43/h1-30,47H. The lowest BCUT2D eigenvalue weighted by Gasteiger charge is -2.11. The molecule has 0 saturated carbocycles. The summed E-state index contributed by atoms with van der Waals surface area (Å²) in [5.41, 5.74) is 11.9. The molecule has 230 valence electrons. The largest absolute Gasteiger partial charge is 0.361 e. The SMILES string of the molecule is c1c[nH]c(-c2ccc(-c3ccc(-c4cc(-c5ccc6ccccc6c5)nc(-c5ccc(-c6ccc7ccccc7c6)cc5)n4)cc3)cc2)c1. The maximum Gasteiger partial charge on any atom is 0.160 e. The van der Waals surface area contributed by atoms with Crippen LogP contribution in [0.3, 0.4) is 0 Å². The number of H-pyrrole nitrogens is 1. The maximum atomic E-state index is 5.13. The molecule has 0 aliphatic heterocycles. The van der Waals surface area contributed by atoms with Crippen LogP contribution in [-0.2, 0) is 0 Å². The van der Waals surface area contributed by atoms with E-state index < -0.39 is 0 Å². The minimum absolute atomic E-state index is 0.703. The second kappa shape index (κ2) is 12.2. The van der Waals surface area contributed by atoms with Crippen molar-refractivity contribution in [3.05, 3.63) is 182 Å². The number of fused-ring (bicyclic) bond motifs is 2. The zero-order valence-electron chi connectivity index (χ0n) is 26.7. The molecule has 2 heterocycles. The smallest absolute Gasteiger partial charge is 0.160 e. The highest BCUT2D eigenvalue weighted by Gasteiger charge is 2.13.